The molecule has 4 aromatic carbocycles. The number of ether oxygens (including phenoxy) is 4. The molecule has 5 N–H and O–H groups in total. The van der Waals surface area contributed by atoms with Gasteiger partial charge in [-0.25, -0.2) is 4.79 Å². The summed E-state index contributed by atoms with van der Waals surface area (Å²) in [7, 11) is -1.46. The molecule has 13 nitrogen and oxygen atoms in total. The lowest BCUT2D eigenvalue weighted by Gasteiger charge is -2.19. The average molecular weight is 941 g/mol. The molecule has 2 heterocycles. The van der Waals surface area contributed by atoms with Gasteiger partial charge in [0.05, 0.1) is 13.2 Å². The molecule has 0 spiro atoms. The van der Waals surface area contributed by atoms with E-state index >= 15 is 0 Å². The lowest BCUT2D eigenvalue weighted by atomic mass is 9.80. The first-order chi connectivity index (χ1) is 30.4. The molecule has 6 rings (SSSR count). The molecule has 15 heteroatoms. The predicted octanol–water partition coefficient (Wildman–Crippen LogP) is 9.14. The first kappa shape index (κ1) is 51.1. The topological polar surface area (TPSA) is 190 Å². The third kappa shape index (κ3) is 18.6. The number of unbranched alkanes of at least 4 members (excludes halogenated alkanes) is 1. The second-order valence-corrected chi connectivity index (χ2v) is 17.7. The van der Waals surface area contributed by atoms with Crippen LogP contribution in [0.15, 0.2) is 114 Å². The number of phenolic OH excluding ortho intramolecular Hbond substituents is 2. The van der Waals surface area contributed by atoms with E-state index in [9.17, 15) is 14.7 Å². The quantitative estimate of drug-likeness (QED) is 0.0374. The Labute approximate surface area is 384 Å². The minimum atomic E-state index is -1.46. The highest BCUT2D eigenvalue weighted by molar-refractivity contribution is 9.10. The van der Waals surface area contributed by atoms with Crippen LogP contribution >= 0.6 is 15.9 Å². The number of nitrogens with zero attached hydrogens (tertiary/aromatic N) is 2. The molecule has 0 aliphatic heterocycles. The Balaban J connectivity index is 0.000000235. The number of hydrogen-bond acceptors (Lipinski definition) is 12. The molecule has 0 bridgehead atoms. The monoisotopic (exact) mass is 939 g/mol. The van der Waals surface area contributed by atoms with Gasteiger partial charge in [-0.1, -0.05) is 48.5 Å². The van der Waals surface area contributed by atoms with Crippen LogP contribution in [0.4, 0.5) is 4.79 Å². The Morgan fingerprint density at radius 1 is 0.656 bits per heavy atom. The zero-order chi connectivity index (χ0) is 46.7. The van der Waals surface area contributed by atoms with Crippen LogP contribution in [0.1, 0.15) is 78.4 Å². The SMILES string of the molecule is CC(C)(C)OC(=O)CCCCOCc1ccc2cncc(Br)c2c1.CC(C)(C)OC(=O)NCCCOCc1ccc2cncc(-c3ccc(O)cc3)c2c1.OB(O)c1ccc(O)cc1. The maximum absolute atomic E-state index is 11.6. The van der Waals surface area contributed by atoms with Crippen molar-refractivity contribution >= 4 is 62.1 Å². The molecule has 0 fully saturated rings. The van der Waals surface area contributed by atoms with Crippen LogP contribution in [0.3, 0.4) is 0 Å². The summed E-state index contributed by atoms with van der Waals surface area (Å²) in [6, 6.07) is 25.2. The molecule has 0 aliphatic carbocycles. The van der Waals surface area contributed by atoms with Gasteiger partial charge in [0.15, 0.2) is 0 Å². The Kier molecular flexibility index (Phi) is 20.0. The summed E-state index contributed by atoms with van der Waals surface area (Å²) in [4.78, 5) is 31.7. The molecule has 2 aromatic heterocycles. The van der Waals surface area contributed by atoms with Crippen LogP contribution in [-0.2, 0) is 37.0 Å². The number of carbonyl (C=O) groups is 2. The van der Waals surface area contributed by atoms with Crippen molar-refractivity contribution in [1.82, 2.24) is 15.3 Å². The smallest absolute Gasteiger partial charge is 0.488 e. The van der Waals surface area contributed by atoms with Crippen LogP contribution in [0.25, 0.3) is 32.7 Å². The Morgan fingerprint density at radius 2 is 1.19 bits per heavy atom. The van der Waals surface area contributed by atoms with Gasteiger partial charge in [-0.05, 0) is 146 Å². The third-order valence-electron chi connectivity index (χ3n) is 8.98. The molecule has 0 aliphatic rings. The molecule has 340 valence electrons. The van der Waals surface area contributed by atoms with Crippen LogP contribution in [0.5, 0.6) is 11.5 Å². The van der Waals surface area contributed by atoms with E-state index in [1.807, 2.05) is 90.5 Å². The van der Waals surface area contributed by atoms with Crippen molar-refractivity contribution < 1.29 is 48.8 Å². The fourth-order valence-corrected chi connectivity index (χ4v) is 6.47. The molecule has 0 saturated carbocycles. The number of nitrogens with one attached hydrogen (secondary N) is 1. The first-order valence-electron chi connectivity index (χ1n) is 21.0. The molecule has 0 radical (unpaired) electrons. The largest absolute Gasteiger partial charge is 0.508 e. The minimum absolute atomic E-state index is 0.115. The summed E-state index contributed by atoms with van der Waals surface area (Å²) in [6.45, 7) is 13.9. The van der Waals surface area contributed by atoms with Gasteiger partial charge in [0, 0.05) is 71.8 Å². The van der Waals surface area contributed by atoms with Gasteiger partial charge in [-0.3, -0.25) is 14.8 Å². The molecule has 0 saturated heterocycles. The van der Waals surface area contributed by atoms with Crippen LogP contribution in [0.2, 0.25) is 0 Å². The van der Waals surface area contributed by atoms with Gasteiger partial charge < -0.3 is 44.5 Å². The summed E-state index contributed by atoms with van der Waals surface area (Å²) in [6.07, 6.45) is 9.68. The lowest BCUT2D eigenvalue weighted by molar-refractivity contribution is -0.155. The molecular weight excluding hydrogens is 881 g/mol. The van der Waals surface area contributed by atoms with Crippen LogP contribution < -0.4 is 10.8 Å². The highest BCUT2D eigenvalue weighted by Gasteiger charge is 2.17. The van der Waals surface area contributed by atoms with Gasteiger partial charge in [-0.15, -0.1) is 0 Å². The summed E-state index contributed by atoms with van der Waals surface area (Å²) in [5, 5.41) is 42.6. The summed E-state index contributed by atoms with van der Waals surface area (Å²) in [5.74, 6) is 0.210. The standard InChI is InChI=1S/C24H28N2O4.C19H24BrNO3.C6H7BO3/c1-24(2,3)30-23(28)26-11-4-12-29-16-17-5-6-19-14-25-15-22(21(19)13-17)18-7-9-20(27)10-8-18;1-19(2,3)24-18(22)6-4-5-9-23-13-14-7-8-15-11-21-12-17(20)16(15)10-14;8-6-3-1-5(2-4-6)7(9)10/h5-10,13-15,27H,4,11-12,16H2,1-3H3,(H,26,28);7-8,10-12H,4-6,9,13H2,1-3H3;1-4,8-10H. The van der Waals surface area contributed by atoms with Crippen LogP contribution in [-0.4, -0.2) is 80.4 Å². The number of benzene rings is 4. The van der Waals surface area contributed by atoms with Gasteiger partial charge in [0.25, 0.3) is 0 Å². The normalized spacial score (nSPS) is 11.2. The summed E-state index contributed by atoms with van der Waals surface area (Å²) >= 11 is 3.52. The molecule has 0 atom stereocenters. The number of hydrogen-bond donors (Lipinski definition) is 5. The van der Waals surface area contributed by atoms with Crippen molar-refractivity contribution in [2.24, 2.45) is 0 Å². The van der Waals surface area contributed by atoms with Gasteiger partial charge in [-0.2, -0.15) is 0 Å². The van der Waals surface area contributed by atoms with Gasteiger partial charge in [0.2, 0.25) is 0 Å². The Morgan fingerprint density at radius 3 is 1.77 bits per heavy atom. The third-order valence-corrected chi connectivity index (χ3v) is 9.61. The van der Waals surface area contributed by atoms with Gasteiger partial charge in [0.1, 0.15) is 22.7 Å². The summed E-state index contributed by atoms with van der Waals surface area (Å²) < 4.78 is 22.9. The van der Waals surface area contributed by atoms with E-state index in [4.69, 9.17) is 34.1 Å². The maximum atomic E-state index is 11.6. The zero-order valence-electron chi connectivity index (χ0n) is 37.3. The van der Waals surface area contributed by atoms with E-state index in [0.29, 0.717) is 51.3 Å². The van der Waals surface area contributed by atoms with E-state index in [1.54, 1.807) is 18.3 Å². The summed E-state index contributed by atoms with van der Waals surface area (Å²) in [5.41, 5.74) is 3.67. The molecule has 6 aromatic rings. The number of rotatable bonds is 15. The molecule has 64 heavy (non-hydrogen) atoms. The van der Waals surface area contributed by atoms with E-state index in [0.717, 1.165) is 61.1 Å². The Bertz CT molecular complexity index is 2390. The minimum Gasteiger partial charge on any atom is -0.508 e. The number of pyridine rings is 2. The van der Waals surface area contributed by atoms with Crippen molar-refractivity contribution in [2.45, 2.75) is 91.6 Å². The number of phenols is 2. The van der Waals surface area contributed by atoms with Gasteiger partial charge >= 0.3 is 19.2 Å². The number of alkyl carbamates (subject to hydrolysis) is 1. The predicted molar refractivity (Wildman–Crippen MR) is 254 cm³/mol. The average Bonchev–Trinajstić information content (AvgIpc) is 3.23. The second kappa shape index (κ2) is 25.1. The number of halogens is 1. The van der Waals surface area contributed by atoms with Crippen molar-refractivity contribution in [1.29, 1.82) is 0 Å². The number of amides is 1. The highest BCUT2D eigenvalue weighted by atomic mass is 79.9. The highest BCUT2D eigenvalue weighted by Crippen LogP contribution is 2.30. The van der Waals surface area contributed by atoms with E-state index in [1.165, 1.54) is 24.3 Å². The van der Waals surface area contributed by atoms with E-state index < -0.39 is 24.4 Å². The maximum Gasteiger partial charge on any atom is 0.488 e. The van der Waals surface area contributed by atoms with Crippen LogP contribution in [0, 0.1) is 0 Å². The fraction of sp³-hybridized carbons (Fsp3) is 0.347. The molecule has 1 amide bonds. The van der Waals surface area contributed by atoms with Crippen molar-refractivity contribution in [3.8, 4) is 22.6 Å². The Hall–Kier alpha value is -5.58. The van der Waals surface area contributed by atoms with Crippen molar-refractivity contribution in [3.63, 3.8) is 0 Å². The van der Waals surface area contributed by atoms with Crippen molar-refractivity contribution in [2.75, 3.05) is 19.8 Å². The number of aromatic hydroxyl groups is 2. The zero-order valence-corrected chi connectivity index (χ0v) is 38.9. The second-order valence-electron chi connectivity index (χ2n) is 16.9. The van der Waals surface area contributed by atoms with E-state index in [2.05, 4.69) is 49.4 Å². The van der Waals surface area contributed by atoms with E-state index in [-0.39, 0.29) is 17.5 Å². The number of esters is 1. The van der Waals surface area contributed by atoms with Crippen molar-refractivity contribution in [3.05, 3.63) is 125 Å². The number of carbonyl (C=O) groups excluding carboxylic acids is 2. The first-order valence-corrected chi connectivity index (χ1v) is 21.8. The molecule has 0 unspecified atom stereocenters. The number of aromatic nitrogens is 2. The number of fused-ring (bicyclic) bond motifs is 2. The lowest BCUT2D eigenvalue weighted by Crippen LogP contribution is -2.33. The fourth-order valence-electron chi connectivity index (χ4n) is 6.01. The molecular formula is C49H59BBrN3O10.